The van der Waals surface area contributed by atoms with E-state index in [4.69, 9.17) is 0 Å². The Labute approximate surface area is 123 Å². The molecule has 1 unspecified atom stereocenters. The van der Waals surface area contributed by atoms with Crippen LogP contribution in [-0.2, 0) is 6.54 Å². The molecule has 1 atom stereocenters. The van der Waals surface area contributed by atoms with Gasteiger partial charge in [0.05, 0.1) is 0 Å². The molecule has 19 heavy (non-hydrogen) atoms. The van der Waals surface area contributed by atoms with Gasteiger partial charge in [0.15, 0.2) is 0 Å². The first-order valence-corrected chi connectivity index (χ1v) is 7.87. The number of pyridine rings is 1. The molecule has 2 fully saturated rings. The van der Waals surface area contributed by atoms with Gasteiger partial charge < -0.3 is 5.32 Å². The summed E-state index contributed by atoms with van der Waals surface area (Å²) < 4.78 is 1.07. The number of likely N-dealkylation sites (tertiary alicyclic amines) is 1. The first kappa shape index (κ1) is 13.5. The van der Waals surface area contributed by atoms with Crippen molar-refractivity contribution in [3.8, 4) is 0 Å². The average molecular weight is 325 g/mol. The van der Waals surface area contributed by atoms with E-state index in [1.165, 1.54) is 38.2 Å². The van der Waals surface area contributed by atoms with Gasteiger partial charge in [-0.15, -0.1) is 0 Å². The zero-order valence-corrected chi connectivity index (χ0v) is 12.8. The molecule has 0 radical (unpaired) electrons. The summed E-state index contributed by atoms with van der Waals surface area (Å²) in [6.45, 7) is 8.13. The number of nitrogens with zero attached hydrogens (tertiary/aromatic N) is 3. The lowest BCUT2D eigenvalue weighted by atomic mass is 10.2. The van der Waals surface area contributed by atoms with Gasteiger partial charge in [-0.2, -0.15) is 0 Å². The van der Waals surface area contributed by atoms with E-state index >= 15 is 0 Å². The summed E-state index contributed by atoms with van der Waals surface area (Å²) in [5.74, 6) is 0. The summed E-state index contributed by atoms with van der Waals surface area (Å²) in [5, 5.41) is 3.43. The maximum atomic E-state index is 4.24. The largest absolute Gasteiger partial charge is 0.314 e. The van der Waals surface area contributed by atoms with Crippen LogP contribution < -0.4 is 5.32 Å². The van der Waals surface area contributed by atoms with Crippen LogP contribution in [0.3, 0.4) is 0 Å². The van der Waals surface area contributed by atoms with Crippen LogP contribution in [0.25, 0.3) is 0 Å². The van der Waals surface area contributed by atoms with E-state index in [2.05, 4.69) is 42.1 Å². The van der Waals surface area contributed by atoms with Crippen LogP contribution in [0.15, 0.2) is 22.9 Å². The molecule has 1 aromatic heterocycles. The second kappa shape index (κ2) is 6.31. The topological polar surface area (TPSA) is 31.4 Å². The lowest BCUT2D eigenvalue weighted by Gasteiger charge is -2.32. The fraction of sp³-hybridized carbons (Fsp3) is 0.643. The monoisotopic (exact) mass is 324 g/mol. The second-order valence-electron chi connectivity index (χ2n) is 5.47. The van der Waals surface area contributed by atoms with E-state index in [0.29, 0.717) is 0 Å². The molecule has 0 saturated carbocycles. The third-order valence-electron chi connectivity index (χ3n) is 4.08. The molecule has 3 heterocycles. The molecule has 4 nitrogen and oxygen atoms in total. The number of nitrogens with one attached hydrogen (secondary N) is 1. The SMILES string of the molecule is Brc1cncc(CN2CCC(N3CCNCC3)C2)c1. The van der Waals surface area contributed by atoms with Gasteiger partial charge in [0.2, 0.25) is 0 Å². The Bertz CT molecular complexity index is 420. The van der Waals surface area contributed by atoms with E-state index in [1.807, 2.05) is 12.4 Å². The van der Waals surface area contributed by atoms with Crippen molar-refractivity contribution in [2.24, 2.45) is 0 Å². The molecular formula is C14H21BrN4. The average Bonchev–Trinajstić information content (AvgIpc) is 2.88. The highest BCUT2D eigenvalue weighted by Gasteiger charge is 2.28. The third kappa shape index (κ3) is 3.54. The molecule has 0 aromatic carbocycles. The normalized spacial score (nSPS) is 25.8. The summed E-state index contributed by atoms with van der Waals surface area (Å²) >= 11 is 3.49. The predicted octanol–water partition coefficient (Wildman–Crippen LogP) is 1.32. The van der Waals surface area contributed by atoms with Gasteiger partial charge in [-0.3, -0.25) is 14.8 Å². The van der Waals surface area contributed by atoms with Crippen molar-refractivity contribution in [1.29, 1.82) is 0 Å². The first-order valence-electron chi connectivity index (χ1n) is 7.08. The lowest BCUT2D eigenvalue weighted by Crippen LogP contribution is -2.49. The molecule has 5 heteroatoms. The molecule has 1 N–H and O–H groups in total. The van der Waals surface area contributed by atoms with Gasteiger partial charge in [0.25, 0.3) is 0 Å². The maximum absolute atomic E-state index is 4.24. The second-order valence-corrected chi connectivity index (χ2v) is 6.39. The zero-order valence-electron chi connectivity index (χ0n) is 11.2. The lowest BCUT2D eigenvalue weighted by molar-refractivity contribution is 0.170. The van der Waals surface area contributed by atoms with E-state index in [-0.39, 0.29) is 0 Å². The highest BCUT2D eigenvalue weighted by atomic mass is 79.9. The van der Waals surface area contributed by atoms with Gasteiger partial charge in [-0.25, -0.2) is 0 Å². The fourth-order valence-electron chi connectivity index (χ4n) is 3.10. The van der Waals surface area contributed by atoms with Crippen LogP contribution in [0.5, 0.6) is 0 Å². The Morgan fingerprint density at radius 1 is 1.26 bits per heavy atom. The number of rotatable bonds is 3. The Morgan fingerprint density at radius 2 is 2.11 bits per heavy atom. The molecular weight excluding hydrogens is 304 g/mol. The predicted molar refractivity (Wildman–Crippen MR) is 80.1 cm³/mol. The number of halogens is 1. The van der Waals surface area contributed by atoms with E-state index in [9.17, 15) is 0 Å². The minimum absolute atomic E-state index is 0.752. The Hall–Kier alpha value is -0.490. The van der Waals surface area contributed by atoms with Crippen molar-refractivity contribution >= 4 is 15.9 Å². The third-order valence-corrected chi connectivity index (χ3v) is 4.52. The van der Waals surface area contributed by atoms with Crippen molar-refractivity contribution in [2.75, 3.05) is 39.3 Å². The van der Waals surface area contributed by atoms with Crippen molar-refractivity contribution in [1.82, 2.24) is 20.1 Å². The standard InChI is InChI=1S/C14H21BrN4/c15-13-7-12(8-17-9-13)10-18-4-1-14(11-18)19-5-2-16-3-6-19/h7-9,14,16H,1-6,10-11H2. The van der Waals surface area contributed by atoms with Gasteiger partial charge >= 0.3 is 0 Å². The van der Waals surface area contributed by atoms with Crippen molar-refractivity contribution in [2.45, 2.75) is 19.0 Å². The highest BCUT2D eigenvalue weighted by Crippen LogP contribution is 2.19. The van der Waals surface area contributed by atoms with Gasteiger partial charge in [0.1, 0.15) is 0 Å². The number of aromatic nitrogens is 1. The molecule has 0 spiro atoms. The Kier molecular flexibility index (Phi) is 4.48. The van der Waals surface area contributed by atoms with Gasteiger partial charge in [-0.1, -0.05) is 0 Å². The minimum Gasteiger partial charge on any atom is -0.314 e. The summed E-state index contributed by atoms with van der Waals surface area (Å²) in [6, 6.07) is 2.92. The maximum Gasteiger partial charge on any atom is 0.0410 e. The molecule has 104 valence electrons. The van der Waals surface area contributed by atoms with E-state index < -0.39 is 0 Å². The highest BCUT2D eigenvalue weighted by molar-refractivity contribution is 9.10. The van der Waals surface area contributed by atoms with Gasteiger partial charge in [0, 0.05) is 68.7 Å². The molecule has 0 amide bonds. The Morgan fingerprint density at radius 3 is 2.89 bits per heavy atom. The number of hydrogen-bond acceptors (Lipinski definition) is 4. The first-order chi connectivity index (χ1) is 9.31. The summed E-state index contributed by atoms with van der Waals surface area (Å²) in [4.78, 5) is 9.44. The van der Waals surface area contributed by atoms with Crippen molar-refractivity contribution in [3.63, 3.8) is 0 Å². The number of piperazine rings is 1. The van der Waals surface area contributed by atoms with Crippen LogP contribution in [0, 0.1) is 0 Å². The smallest absolute Gasteiger partial charge is 0.0410 e. The fourth-order valence-corrected chi connectivity index (χ4v) is 3.51. The summed E-state index contributed by atoms with van der Waals surface area (Å²) in [7, 11) is 0. The number of hydrogen-bond donors (Lipinski definition) is 1. The van der Waals surface area contributed by atoms with Gasteiger partial charge in [-0.05, 0) is 34.0 Å². The van der Waals surface area contributed by atoms with Crippen LogP contribution in [0.1, 0.15) is 12.0 Å². The van der Waals surface area contributed by atoms with Crippen LogP contribution in [0.4, 0.5) is 0 Å². The summed E-state index contributed by atoms with van der Waals surface area (Å²) in [5.41, 5.74) is 1.30. The molecule has 0 aliphatic carbocycles. The van der Waals surface area contributed by atoms with Crippen molar-refractivity contribution in [3.05, 3.63) is 28.5 Å². The van der Waals surface area contributed by atoms with Crippen molar-refractivity contribution < 1.29 is 0 Å². The molecule has 2 aliphatic rings. The zero-order chi connectivity index (χ0) is 13.1. The molecule has 3 rings (SSSR count). The Balaban J connectivity index is 1.54. The van der Waals surface area contributed by atoms with Crippen LogP contribution in [0.2, 0.25) is 0 Å². The molecule has 2 aliphatic heterocycles. The molecule has 2 saturated heterocycles. The van der Waals surface area contributed by atoms with Crippen LogP contribution in [-0.4, -0.2) is 60.1 Å². The van der Waals surface area contributed by atoms with E-state index in [1.54, 1.807) is 0 Å². The van der Waals surface area contributed by atoms with Crippen LogP contribution >= 0.6 is 15.9 Å². The summed E-state index contributed by atoms with van der Waals surface area (Å²) in [6.07, 6.45) is 5.13. The quantitative estimate of drug-likeness (QED) is 0.908. The van der Waals surface area contributed by atoms with E-state index in [0.717, 1.165) is 30.1 Å². The molecule has 0 bridgehead atoms. The molecule has 1 aromatic rings. The minimum atomic E-state index is 0.752.